The molecular weight excluding hydrogens is 278 g/mol. The highest BCUT2D eigenvalue weighted by Crippen LogP contribution is 2.31. The van der Waals surface area contributed by atoms with Gasteiger partial charge in [0.1, 0.15) is 11.6 Å². The van der Waals surface area contributed by atoms with E-state index in [1.54, 1.807) is 0 Å². The molecule has 1 aromatic carbocycles. The summed E-state index contributed by atoms with van der Waals surface area (Å²) in [6.45, 7) is 0. The zero-order chi connectivity index (χ0) is 14.5. The summed E-state index contributed by atoms with van der Waals surface area (Å²) in [4.78, 5) is 9.34. The van der Waals surface area contributed by atoms with Crippen molar-refractivity contribution < 1.29 is 0 Å². The van der Waals surface area contributed by atoms with Gasteiger partial charge in [0.2, 0.25) is 0 Å². The topological polar surface area (TPSA) is 37.8 Å². The van der Waals surface area contributed by atoms with E-state index in [0.29, 0.717) is 0 Å². The van der Waals surface area contributed by atoms with Crippen LogP contribution in [0.2, 0.25) is 0 Å². The van der Waals surface area contributed by atoms with Crippen molar-refractivity contribution in [2.24, 2.45) is 0 Å². The minimum absolute atomic E-state index is 0.798. The average molecular weight is 299 g/mol. The van der Waals surface area contributed by atoms with E-state index in [1.807, 2.05) is 43.1 Å². The lowest BCUT2D eigenvalue weighted by Crippen LogP contribution is -2.03. The molecule has 1 N–H and O–H groups in total. The third kappa shape index (κ3) is 3.76. The van der Waals surface area contributed by atoms with E-state index < -0.39 is 0 Å². The van der Waals surface area contributed by atoms with Gasteiger partial charge in [0.15, 0.2) is 0 Å². The van der Waals surface area contributed by atoms with Gasteiger partial charge in [-0.15, -0.1) is 0 Å². The molecule has 0 spiro atoms. The lowest BCUT2D eigenvalue weighted by molar-refractivity contribution is 0.886. The zero-order valence-corrected chi connectivity index (χ0v) is 13.2. The first-order chi connectivity index (χ1) is 10.3. The van der Waals surface area contributed by atoms with Crippen molar-refractivity contribution in [1.29, 1.82) is 0 Å². The SMILES string of the molecule is CNc1cc(-c2ccccc2)nc(CSC2CCCC2)n1. The predicted octanol–water partition coefficient (Wildman–Crippen LogP) is 4.36. The first-order valence-electron chi connectivity index (χ1n) is 7.58. The van der Waals surface area contributed by atoms with Gasteiger partial charge in [0.05, 0.1) is 11.4 Å². The third-order valence-corrected chi connectivity index (χ3v) is 5.22. The molecule has 0 amide bonds. The van der Waals surface area contributed by atoms with Crippen LogP contribution < -0.4 is 5.32 Å². The van der Waals surface area contributed by atoms with E-state index >= 15 is 0 Å². The van der Waals surface area contributed by atoms with E-state index in [2.05, 4.69) is 22.4 Å². The van der Waals surface area contributed by atoms with Crippen LogP contribution in [0.4, 0.5) is 5.82 Å². The lowest BCUT2D eigenvalue weighted by Gasteiger charge is -2.10. The Bertz CT molecular complexity index is 580. The number of aromatic nitrogens is 2. The molecule has 3 nitrogen and oxygen atoms in total. The molecule has 4 heteroatoms. The first kappa shape index (κ1) is 14.4. The number of benzene rings is 1. The maximum Gasteiger partial charge on any atom is 0.141 e. The fourth-order valence-corrected chi connectivity index (χ4v) is 3.87. The summed E-state index contributed by atoms with van der Waals surface area (Å²) >= 11 is 2.01. The maximum absolute atomic E-state index is 4.74. The molecule has 2 aromatic rings. The summed E-state index contributed by atoms with van der Waals surface area (Å²) in [5.74, 6) is 2.73. The van der Waals surface area contributed by atoms with Crippen LogP contribution in [0.15, 0.2) is 36.4 Å². The van der Waals surface area contributed by atoms with Crippen molar-refractivity contribution in [2.45, 2.75) is 36.7 Å². The predicted molar refractivity (Wildman–Crippen MR) is 90.6 cm³/mol. The highest BCUT2D eigenvalue weighted by Gasteiger charge is 2.16. The van der Waals surface area contributed by atoms with Crippen molar-refractivity contribution in [3.8, 4) is 11.3 Å². The summed E-state index contributed by atoms with van der Waals surface area (Å²) in [7, 11) is 1.91. The second-order valence-electron chi connectivity index (χ2n) is 5.39. The molecule has 21 heavy (non-hydrogen) atoms. The van der Waals surface area contributed by atoms with Crippen molar-refractivity contribution >= 4 is 17.6 Å². The van der Waals surface area contributed by atoms with Gasteiger partial charge in [-0.3, -0.25) is 0 Å². The second kappa shape index (κ2) is 6.94. The van der Waals surface area contributed by atoms with Crippen LogP contribution in [-0.2, 0) is 5.75 Å². The summed E-state index contributed by atoms with van der Waals surface area (Å²) in [5.41, 5.74) is 2.14. The molecule has 0 bridgehead atoms. The van der Waals surface area contributed by atoms with E-state index in [0.717, 1.165) is 33.9 Å². The van der Waals surface area contributed by atoms with Crippen molar-refractivity contribution in [3.05, 3.63) is 42.2 Å². The molecule has 1 aliphatic rings. The molecule has 1 saturated carbocycles. The number of hydrogen-bond acceptors (Lipinski definition) is 4. The minimum Gasteiger partial charge on any atom is -0.373 e. The Balaban J connectivity index is 1.79. The lowest BCUT2D eigenvalue weighted by atomic mass is 10.1. The Labute approximate surface area is 130 Å². The minimum atomic E-state index is 0.798. The van der Waals surface area contributed by atoms with Gasteiger partial charge in [-0.25, -0.2) is 9.97 Å². The van der Waals surface area contributed by atoms with Crippen LogP contribution in [0.25, 0.3) is 11.3 Å². The van der Waals surface area contributed by atoms with E-state index in [9.17, 15) is 0 Å². The Morgan fingerprint density at radius 1 is 1.14 bits per heavy atom. The van der Waals surface area contributed by atoms with Gasteiger partial charge in [-0.1, -0.05) is 43.2 Å². The number of nitrogens with zero attached hydrogens (tertiary/aromatic N) is 2. The molecule has 0 aliphatic heterocycles. The highest BCUT2D eigenvalue weighted by atomic mass is 32.2. The molecular formula is C17H21N3S. The zero-order valence-electron chi connectivity index (χ0n) is 12.4. The Morgan fingerprint density at radius 3 is 2.62 bits per heavy atom. The monoisotopic (exact) mass is 299 g/mol. The molecule has 1 heterocycles. The molecule has 1 aromatic heterocycles. The van der Waals surface area contributed by atoms with Crippen LogP contribution >= 0.6 is 11.8 Å². The van der Waals surface area contributed by atoms with Crippen LogP contribution in [0.1, 0.15) is 31.5 Å². The van der Waals surface area contributed by atoms with Crippen LogP contribution in [-0.4, -0.2) is 22.3 Å². The number of hydrogen-bond donors (Lipinski definition) is 1. The van der Waals surface area contributed by atoms with Crippen molar-refractivity contribution in [1.82, 2.24) is 9.97 Å². The number of nitrogens with one attached hydrogen (secondary N) is 1. The molecule has 0 unspecified atom stereocenters. The molecule has 1 fully saturated rings. The molecule has 0 atom stereocenters. The Morgan fingerprint density at radius 2 is 1.90 bits per heavy atom. The first-order valence-corrected chi connectivity index (χ1v) is 8.63. The standard InChI is InChI=1S/C17H21N3S/c1-18-16-11-15(13-7-3-2-4-8-13)19-17(20-16)12-21-14-9-5-6-10-14/h2-4,7-8,11,14H,5-6,9-10,12H2,1H3,(H,18,19,20). The molecule has 110 valence electrons. The average Bonchev–Trinajstić information content (AvgIpc) is 3.07. The van der Waals surface area contributed by atoms with Crippen molar-refractivity contribution in [2.75, 3.05) is 12.4 Å². The second-order valence-corrected chi connectivity index (χ2v) is 6.68. The van der Waals surface area contributed by atoms with Gasteiger partial charge < -0.3 is 5.32 Å². The molecule has 0 radical (unpaired) electrons. The van der Waals surface area contributed by atoms with E-state index in [1.165, 1.54) is 25.7 Å². The fourth-order valence-electron chi connectivity index (χ4n) is 2.69. The van der Waals surface area contributed by atoms with Crippen LogP contribution in [0.3, 0.4) is 0 Å². The summed E-state index contributed by atoms with van der Waals surface area (Å²) in [6.07, 6.45) is 5.46. The van der Waals surface area contributed by atoms with Gasteiger partial charge >= 0.3 is 0 Å². The summed E-state index contributed by atoms with van der Waals surface area (Å²) in [5, 5.41) is 3.94. The molecule has 0 saturated heterocycles. The van der Waals surface area contributed by atoms with E-state index in [-0.39, 0.29) is 0 Å². The van der Waals surface area contributed by atoms with E-state index in [4.69, 9.17) is 4.98 Å². The number of thioether (sulfide) groups is 1. The Kier molecular flexibility index (Phi) is 4.76. The number of anilines is 1. The van der Waals surface area contributed by atoms with Gasteiger partial charge in [0, 0.05) is 23.9 Å². The molecule has 3 rings (SSSR count). The summed E-state index contributed by atoms with van der Waals surface area (Å²) in [6, 6.07) is 12.3. The molecule has 1 aliphatic carbocycles. The van der Waals surface area contributed by atoms with Gasteiger partial charge in [0.25, 0.3) is 0 Å². The van der Waals surface area contributed by atoms with Crippen LogP contribution in [0.5, 0.6) is 0 Å². The number of rotatable bonds is 5. The summed E-state index contributed by atoms with van der Waals surface area (Å²) < 4.78 is 0. The van der Waals surface area contributed by atoms with Crippen molar-refractivity contribution in [3.63, 3.8) is 0 Å². The Hall–Kier alpha value is -1.55. The largest absolute Gasteiger partial charge is 0.373 e. The van der Waals surface area contributed by atoms with Crippen LogP contribution in [0, 0.1) is 0 Å². The maximum atomic E-state index is 4.74. The van der Waals surface area contributed by atoms with Gasteiger partial charge in [-0.05, 0) is 12.8 Å². The quantitative estimate of drug-likeness (QED) is 0.890. The van der Waals surface area contributed by atoms with Gasteiger partial charge in [-0.2, -0.15) is 11.8 Å². The smallest absolute Gasteiger partial charge is 0.141 e. The fraction of sp³-hybridized carbons (Fsp3) is 0.412. The normalized spacial score (nSPS) is 15.3. The third-order valence-electron chi connectivity index (χ3n) is 3.85. The highest BCUT2D eigenvalue weighted by molar-refractivity contribution is 7.99.